The molecular formula is C35H35N5O5. The van der Waals surface area contributed by atoms with Gasteiger partial charge in [-0.3, -0.25) is 4.79 Å². The first-order valence-corrected chi connectivity index (χ1v) is 15.2. The Labute approximate surface area is 260 Å². The van der Waals surface area contributed by atoms with Crippen LogP contribution in [0.1, 0.15) is 71.1 Å². The van der Waals surface area contributed by atoms with Crippen molar-refractivity contribution < 1.29 is 19.4 Å². The Morgan fingerprint density at radius 1 is 1.00 bits per heavy atom. The van der Waals surface area contributed by atoms with Gasteiger partial charge in [-0.05, 0) is 80.5 Å². The fourth-order valence-electron chi connectivity index (χ4n) is 8.49. The number of hydrogen-bond donors (Lipinski definition) is 3. The van der Waals surface area contributed by atoms with Crippen molar-refractivity contribution in [2.75, 3.05) is 25.7 Å². The maximum absolute atomic E-state index is 13.3. The van der Waals surface area contributed by atoms with Gasteiger partial charge in [0.25, 0.3) is 0 Å². The topological polar surface area (TPSA) is 156 Å². The minimum absolute atomic E-state index is 0.109. The molecule has 0 amide bonds. The summed E-state index contributed by atoms with van der Waals surface area (Å²) in [6, 6.07) is 9.18. The molecule has 2 heterocycles. The summed E-state index contributed by atoms with van der Waals surface area (Å²) in [7, 11) is 3.13. The van der Waals surface area contributed by atoms with Crippen LogP contribution < -0.4 is 26.4 Å². The van der Waals surface area contributed by atoms with Gasteiger partial charge in [-0.2, -0.15) is 4.98 Å². The maximum Gasteiger partial charge on any atom is 0.341 e. The van der Waals surface area contributed by atoms with Gasteiger partial charge in [-0.1, -0.05) is 17.9 Å². The third-order valence-electron chi connectivity index (χ3n) is 9.99. The zero-order valence-corrected chi connectivity index (χ0v) is 25.3. The number of anilines is 2. The van der Waals surface area contributed by atoms with Crippen molar-refractivity contribution >= 4 is 28.6 Å². The molecule has 10 heteroatoms. The van der Waals surface area contributed by atoms with Gasteiger partial charge in [0.05, 0.1) is 25.3 Å². The Morgan fingerprint density at radius 2 is 1.69 bits per heavy atom. The summed E-state index contributed by atoms with van der Waals surface area (Å²) >= 11 is 0. The highest BCUT2D eigenvalue weighted by atomic mass is 16.5. The lowest BCUT2D eigenvalue weighted by Crippen LogP contribution is -2.52. The predicted molar refractivity (Wildman–Crippen MR) is 171 cm³/mol. The van der Waals surface area contributed by atoms with E-state index in [1.807, 2.05) is 18.2 Å². The lowest BCUT2D eigenvalue weighted by atomic mass is 9.53. The number of nitrogens with two attached hydrogens (primary N) is 2. The van der Waals surface area contributed by atoms with Crippen LogP contribution in [0.2, 0.25) is 0 Å². The number of aromatic nitrogens is 3. The lowest BCUT2D eigenvalue weighted by Gasteiger charge is -2.57. The monoisotopic (exact) mass is 605 g/mol. The summed E-state index contributed by atoms with van der Waals surface area (Å²) in [4.78, 5) is 33.6. The number of aromatic carboxylic acids is 1. The van der Waals surface area contributed by atoms with Crippen LogP contribution >= 0.6 is 0 Å². The number of carboxylic acids is 1. The molecule has 4 bridgehead atoms. The molecule has 4 aromatic rings. The van der Waals surface area contributed by atoms with Gasteiger partial charge in [0.15, 0.2) is 11.5 Å². The molecule has 4 fully saturated rings. The van der Waals surface area contributed by atoms with Crippen molar-refractivity contribution in [2.45, 2.75) is 50.5 Å². The minimum atomic E-state index is -1.19. The first kappa shape index (κ1) is 28.7. The van der Waals surface area contributed by atoms with Crippen molar-refractivity contribution in [3.8, 4) is 23.3 Å². The number of methoxy groups -OCH3 is 2. The SMILES string of the molecule is COc1c(C#Cc2ccc3c(=O)c(C(=O)O)cn(C45CC6CC(CC(C6)C4)C5)c3c2)ccc(Cc2cnc(N)nc2N)c1OC. The second-order valence-electron chi connectivity index (χ2n) is 12.8. The molecule has 4 aliphatic carbocycles. The summed E-state index contributed by atoms with van der Waals surface area (Å²) in [5.74, 6) is 8.64. The number of hydrogen-bond acceptors (Lipinski definition) is 8. The standard InChI is InChI=1S/C35H35N5O5/c1-44-30-23(6-7-24(31(30)45-2)13-25-17-38-34(37)39-32(25)36)5-3-19-4-8-26-28(12-19)40(18-27(29(26)41)33(42)43)35-14-20-9-21(15-35)11-22(10-20)16-35/h4,6-8,12,17-18,20-22H,9-11,13-16H2,1-2H3,(H,42,43)(H4,36,37,38,39). The molecule has 0 unspecified atom stereocenters. The van der Waals surface area contributed by atoms with Crippen molar-refractivity contribution in [1.29, 1.82) is 0 Å². The van der Waals surface area contributed by atoms with Crippen molar-refractivity contribution in [3.05, 3.63) is 80.8 Å². The van der Waals surface area contributed by atoms with E-state index in [9.17, 15) is 14.7 Å². The van der Waals surface area contributed by atoms with Crippen LogP contribution in [0.3, 0.4) is 0 Å². The molecule has 4 saturated carbocycles. The van der Waals surface area contributed by atoms with Gasteiger partial charge in [-0.15, -0.1) is 0 Å². The Morgan fingerprint density at radius 3 is 2.31 bits per heavy atom. The van der Waals surface area contributed by atoms with Crippen LogP contribution in [0.25, 0.3) is 10.9 Å². The zero-order chi connectivity index (χ0) is 31.5. The summed E-state index contributed by atoms with van der Waals surface area (Å²) < 4.78 is 13.6. The second kappa shape index (κ2) is 10.8. The number of carbonyl (C=O) groups is 1. The predicted octanol–water partition coefficient (Wildman–Crippen LogP) is 4.59. The van der Waals surface area contributed by atoms with Crippen LogP contribution in [0.15, 0.2) is 47.5 Å². The zero-order valence-electron chi connectivity index (χ0n) is 25.3. The summed E-state index contributed by atoms with van der Waals surface area (Å²) in [5, 5.41) is 10.3. The molecule has 0 spiro atoms. The number of fused-ring (bicyclic) bond motifs is 1. The quantitative estimate of drug-likeness (QED) is 0.268. The van der Waals surface area contributed by atoms with E-state index in [4.69, 9.17) is 20.9 Å². The normalized spacial score (nSPS) is 23.0. The molecule has 0 aliphatic heterocycles. The summed E-state index contributed by atoms with van der Waals surface area (Å²) in [6.45, 7) is 0. The van der Waals surface area contributed by atoms with Gasteiger partial charge in [0.1, 0.15) is 11.4 Å². The van der Waals surface area contributed by atoms with Gasteiger partial charge in [0.2, 0.25) is 11.4 Å². The Hall–Kier alpha value is -5.04. The molecule has 45 heavy (non-hydrogen) atoms. The lowest BCUT2D eigenvalue weighted by molar-refractivity contribution is -0.0411. The fourth-order valence-corrected chi connectivity index (χ4v) is 8.49. The van der Waals surface area contributed by atoms with Crippen LogP contribution in [0, 0.1) is 29.6 Å². The van der Waals surface area contributed by atoms with Gasteiger partial charge in [-0.25, -0.2) is 9.78 Å². The number of ether oxygens (including phenoxy) is 2. The number of rotatable bonds is 6. The number of benzene rings is 2. The van der Waals surface area contributed by atoms with E-state index in [1.54, 1.807) is 38.7 Å². The minimum Gasteiger partial charge on any atom is -0.493 e. The Balaban J connectivity index is 1.30. The first-order chi connectivity index (χ1) is 21.7. The van der Waals surface area contributed by atoms with E-state index < -0.39 is 11.4 Å². The molecule has 8 rings (SSSR count). The average Bonchev–Trinajstić information content (AvgIpc) is 3.00. The van der Waals surface area contributed by atoms with E-state index in [0.717, 1.165) is 30.3 Å². The Bertz CT molecular complexity index is 1950. The molecule has 0 atom stereocenters. The van der Waals surface area contributed by atoms with Crippen molar-refractivity contribution in [1.82, 2.24) is 14.5 Å². The molecule has 5 N–H and O–H groups in total. The highest BCUT2D eigenvalue weighted by Crippen LogP contribution is 2.59. The highest BCUT2D eigenvalue weighted by Gasteiger charge is 2.52. The van der Waals surface area contributed by atoms with Gasteiger partial charge in [0, 0.05) is 46.4 Å². The van der Waals surface area contributed by atoms with Gasteiger partial charge < -0.3 is 30.6 Å². The van der Waals surface area contributed by atoms with Gasteiger partial charge >= 0.3 is 5.97 Å². The van der Waals surface area contributed by atoms with E-state index in [0.29, 0.717) is 63.6 Å². The van der Waals surface area contributed by atoms with Crippen LogP contribution in [0.5, 0.6) is 11.5 Å². The summed E-state index contributed by atoms with van der Waals surface area (Å²) in [5.41, 5.74) is 14.5. The van der Waals surface area contributed by atoms with Crippen LogP contribution in [0.4, 0.5) is 11.8 Å². The average molecular weight is 606 g/mol. The molecule has 2 aromatic heterocycles. The third-order valence-corrected chi connectivity index (χ3v) is 9.99. The largest absolute Gasteiger partial charge is 0.493 e. The molecule has 0 radical (unpaired) electrons. The molecule has 4 aliphatic rings. The van der Waals surface area contributed by atoms with E-state index in [-0.39, 0.29) is 17.1 Å². The van der Waals surface area contributed by atoms with E-state index in [2.05, 4.69) is 26.4 Å². The Kier molecular flexibility index (Phi) is 6.92. The van der Waals surface area contributed by atoms with Crippen molar-refractivity contribution in [3.63, 3.8) is 0 Å². The second-order valence-corrected chi connectivity index (χ2v) is 12.8. The number of carboxylic acid groups (broad SMARTS) is 1. The molecule has 0 saturated heterocycles. The fraction of sp³-hybridized carbons (Fsp3) is 0.371. The smallest absolute Gasteiger partial charge is 0.341 e. The molecule has 10 nitrogen and oxygen atoms in total. The number of nitrogens with zero attached hydrogens (tertiary/aromatic N) is 3. The van der Waals surface area contributed by atoms with Crippen LogP contribution in [-0.2, 0) is 12.0 Å². The van der Waals surface area contributed by atoms with E-state index in [1.165, 1.54) is 19.3 Å². The van der Waals surface area contributed by atoms with E-state index >= 15 is 0 Å². The number of pyridine rings is 1. The molecule has 2 aromatic carbocycles. The maximum atomic E-state index is 13.3. The molecular weight excluding hydrogens is 570 g/mol. The first-order valence-electron chi connectivity index (χ1n) is 15.2. The highest BCUT2D eigenvalue weighted by molar-refractivity contribution is 5.93. The third kappa shape index (κ3) is 4.92. The van der Waals surface area contributed by atoms with Crippen LogP contribution in [-0.4, -0.2) is 39.8 Å². The number of nitrogen functional groups attached to an aromatic ring is 2. The van der Waals surface area contributed by atoms with Crippen molar-refractivity contribution in [2.24, 2.45) is 17.8 Å². The molecule has 230 valence electrons. The summed E-state index contributed by atoms with van der Waals surface area (Å²) in [6.07, 6.45) is 10.4.